The zero-order valence-corrected chi connectivity index (χ0v) is 9.95. The van der Waals surface area contributed by atoms with Gasteiger partial charge in [0, 0.05) is 11.8 Å². The predicted molar refractivity (Wildman–Crippen MR) is 64.7 cm³/mol. The van der Waals surface area contributed by atoms with Crippen molar-refractivity contribution in [2.75, 3.05) is 5.32 Å². The molecule has 0 aliphatic carbocycles. The lowest BCUT2D eigenvalue weighted by molar-refractivity contribution is 0.391. The summed E-state index contributed by atoms with van der Waals surface area (Å²) in [5.74, 6) is 0.777. The van der Waals surface area contributed by atoms with E-state index < -0.39 is 0 Å². The SMILES string of the molecule is Cc1cc(CNc2ccc(C#N)c(Cl)c2)no1. The summed E-state index contributed by atoms with van der Waals surface area (Å²) in [4.78, 5) is 0. The van der Waals surface area contributed by atoms with Crippen LogP contribution in [0.5, 0.6) is 0 Å². The zero-order chi connectivity index (χ0) is 12.3. The molecule has 1 aromatic heterocycles. The Balaban J connectivity index is 2.05. The van der Waals surface area contributed by atoms with Crippen LogP contribution in [0.15, 0.2) is 28.8 Å². The minimum atomic E-state index is 0.439. The molecule has 0 saturated heterocycles. The normalized spacial score (nSPS) is 9.94. The van der Waals surface area contributed by atoms with Gasteiger partial charge in [-0.2, -0.15) is 5.26 Å². The first-order chi connectivity index (χ1) is 8.19. The van der Waals surface area contributed by atoms with Gasteiger partial charge in [-0.25, -0.2) is 0 Å². The fourth-order valence-electron chi connectivity index (χ4n) is 1.41. The van der Waals surface area contributed by atoms with E-state index in [4.69, 9.17) is 21.4 Å². The van der Waals surface area contributed by atoms with Gasteiger partial charge in [-0.15, -0.1) is 0 Å². The number of aryl methyl sites for hydroxylation is 1. The molecule has 0 spiro atoms. The molecule has 0 bridgehead atoms. The van der Waals surface area contributed by atoms with Gasteiger partial charge in [0.25, 0.3) is 0 Å². The minimum Gasteiger partial charge on any atom is -0.379 e. The molecule has 4 nitrogen and oxygen atoms in total. The Kier molecular flexibility index (Phi) is 3.31. The summed E-state index contributed by atoms with van der Waals surface area (Å²) in [5, 5.41) is 16.2. The lowest BCUT2D eigenvalue weighted by Gasteiger charge is -2.04. The molecule has 0 aliphatic heterocycles. The zero-order valence-electron chi connectivity index (χ0n) is 9.20. The summed E-state index contributed by atoms with van der Waals surface area (Å²) >= 11 is 5.92. The molecule has 0 aliphatic rings. The number of hydrogen-bond donors (Lipinski definition) is 1. The lowest BCUT2D eigenvalue weighted by atomic mass is 10.2. The maximum atomic E-state index is 8.74. The number of hydrogen-bond acceptors (Lipinski definition) is 4. The van der Waals surface area contributed by atoms with Crippen molar-refractivity contribution in [3.05, 3.63) is 46.3 Å². The monoisotopic (exact) mass is 247 g/mol. The first-order valence-corrected chi connectivity index (χ1v) is 5.42. The van der Waals surface area contributed by atoms with Gasteiger partial charge in [-0.05, 0) is 25.1 Å². The Hall–Kier alpha value is -1.99. The third-order valence-electron chi connectivity index (χ3n) is 2.24. The van der Waals surface area contributed by atoms with Crippen molar-refractivity contribution >= 4 is 17.3 Å². The van der Waals surface area contributed by atoms with E-state index in [0.717, 1.165) is 17.1 Å². The fraction of sp³-hybridized carbons (Fsp3) is 0.167. The van der Waals surface area contributed by atoms with E-state index in [2.05, 4.69) is 10.5 Å². The van der Waals surface area contributed by atoms with Crippen molar-refractivity contribution in [3.8, 4) is 6.07 Å². The van der Waals surface area contributed by atoms with Crippen LogP contribution in [0.3, 0.4) is 0 Å². The highest BCUT2D eigenvalue weighted by Crippen LogP contribution is 2.20. The van der Waals surface area contributed by atoms with Crippen LogP contribution in [0.25, 0.3) is 0 Å². The van der Waals surface area contributed by atoms with Crippen LogP contribution in [0, 0.1) is 18.3 Å². The van der Waals surface area contributed by atoms with E-state index in [-0.39, 0.29) is 0 Å². The van der Waals surface area contributed by atoms with Crippen molar-refractivity contribution in [2.24, 2.45) is 0 Å². The smallest absolute Gasteiger partial charge is 0.133 e. The van der Waals surface area contributed by atoms with Gasteiger partial charge in [0.05, 0.1) is 17.1 Å². The molecule has 2 rings (SSSR count). The molecular weight excluding hydrogens is 238 g/mol. The van der Waals surface area contributed by atoms with E-state index in [1.807, 2.05) is 19.1 Å². The maximum Gasteiger partial charge on any atom is 0.133 e. The van der Waals surface area contributed by atoms with Crippen molar-refractivity contribution < 1.29 is 4.52 Å². The molecule has 5 heteroatoms. The molecule has 0 unspecified atom stereocenters. The molecule has 2 aromatic rings. The van der Waals surface area contributed by atoms with Crippen LogP contribution in [-0.2, 0) is 6.54 Å². The fourth-order valence-corrected chi connectivity index (χ4v) is 1.63. The molecule has 0 amide bonds. The number of benzene rings is 1. The average molecular weight is 248 g/mol. The Labute approximate surface area is 104 Å². The van der Waals surface area contributed by atoms with Crippen LogP contribution >= 0.6 is 11.6 Å². The molecule has 1 N–H and O–H groups in total. The van der Waals surface area contributed by atoms with Crippen LogP contribution in [-0.4, -0.2) is 5.16 Å². The van der Waals surface area contributed by atoms with Crippen LogP contribution < -0.4 is 5.32 Å². The number of nitrogens with zero attached hydrogens (tertiary/aromatic N) is 2. The third-order valence-corrected chi connectivity index (χ3v) is 2.55. The number of halogens is 1. The van der Waals surface area contributed by atoms with Crippen molar-refractivity contribution in [1.29, 1.82) is 5.26 Å². The van der Waals surface area contributed by atoms with E-state index in [0.29, 0.717) is 17.1 Å². The first-order valence-electron chi connectivity index (χ1n) is 5.05. The van der Waals surface area contributed by atoms with Crippen molar-refractivity contribution in [2.45, 2.75) is 13.5 Å². The highest BCUT2D eigenvalue weighted by atomic mass is 35.5. The molecule has 0 radical (unpaired) electrons. The van der Waals surface area contributed by atoms with Crippen LogP contribution in [0.2, 0.25) is 5.02 Å². The van der Waals surface area contributed by atoms with Gasteiger partial charge < -0.3 is 9.84 Å². The summed E-state index contributed by atoms with van der Waals surface area (Å²) in [6, 6.07) is 9.07. The number of rotatable bonds is 3. The summed E-state index contributed by atoms with van der Waals surface area (Å²) in [5.41, 5.74) is 2.13. The molecule has 0 fully saturated rings. The Morgan fingerprint density at radius 2 is 2.29 bits per heavy atom. The van der Waals surface area contributed by atoms with Gasteiger partial charge in [0.15, 0.2) is 0 Å². The van der Waals surface area contributed by atoms with Gasteiger partial charge in [-0.1, -0.05) is 16.8 Å². The summed E-state index contributed by atoms with van der Waals surface area (Å²) in [6.45, 7) is 2.40. The second-order valence-corrected chi connectivity index (χ2v) is 4.00. The second-order valence-electron chi connectivity index (χ2n) is 3.59. The van der Waals surface area contributed by atoms with Gasteiger partial charge in [-0.3, -0.25) is 0 Å². The Morgan fingerprint density at radius 1 is 1.47 bits per heavy atom. The largest absolute Gasteiger partial charge is 0.379 e. The van der Waals surface area contributed by atoms with Crippen molar-refractivity contribution in [3.63, 3.8) is 0 Å². The molecule has 17 heavy (non-hydrogen) atoms. The Bertz CT molecular complexity index is 571. The summed E-state index contributed by atoms with van der Waals surface area (Å²) in [6.07, 6.45) is 0. The standard InChI is InChI=1S/C12H10ClN3O/c1-8-4-11(16-17-8)7-15-10-3-2-9(6-14)12(13)5-10/h2-5,15H,7H2,1H3. The van der Waals surface area contributed by atoms with Gasteiger partial charge in [0.1, 0.15) is 17.5 Å². The van der Waals surface area contributed by atoms with Crippen molar-refractivity contribution in [1.82, 2.24) is 5.16 Å². The number of nitriles is 1. The van der Waals surface area contributed by atoms with E-state index in [1.165, 1.54) is 0 Å². The molecular formula is C12H10ClN3O. The quantitative estimate of drug-likeness (QED) is 0.905. The van der Waals surface area contributed by atoms with Gasteiger partial charge in [0.2, 0.25) is 0 Å². The molecule has 1 aromatic carbocycles. The molecule has 0 saturated carbocycles. The van der Waals surface area contributed by atoms with Crippen LogP contribution in [0.4, 0.5) is 5.69 Å². The average Bonchev–Trinajstić information content (AvgIpc) is 2.73. The Morgan fingerprint density at radius 3 is 2.88 bits per heavy atom. The molecule has 0 atom stereocenters. The number of anilines is 1. The second kappa shape index (κ2) is 4.89. The number of aromatic nitrogens is 1. The maximum absolute atomic E-state index is 8.74. The van der Waals surface area contributed by atoms with E-state index in [1.54, 1.807) is 18.2 Å². The minimum absolute atomic E-state index is 0.439. The lowest BCUT2D eigenvalue weighted by Crippen LogP contribution is -1.99. The highest BCUT2D eigenvalue weighted by Gasteiger charge is 2.03. The van der Waals surface area contributed by atoms with E-state index >= 15 is 0 Å². The highest BCUT2D eigenvalue weighted by molar-refractivity contribution is 6.32. The first kappa shape index (κ1) is 11.5. The summed E-state index contributed by atoms with van der Waals surface area (Å²) in [7, 11) is 0. The van der Waals surface area contributed by atoms with Gasteiger partial charge >= 0.3 is 0 Å². The number of nitrogens with one attached hydrogen (secondary N) is 1. The molecule has 1 heterocycles. The van der Waals surface area contributed by atoms with E-state index in [9.17, 15) is 0 Å². The topological polar surface area (TPSA) is 61.9 Å². The van der Waals surface area contributed by atoms with Crippen LogP contribution in [0.1, 0.15) is 17.0 Å². The predicted octanol–water partition coefficient (Wildman–Crippen LogP) is 3.12. The third kappa shape index (κ3) is 2.77. The molecule has 86 valence electrons. The summed E-state index contributed by atoms with van der Waals surface area (Å²) < 4.78 is 4.95.